The highest BCUT2D eigenvalue weighted by molar-refractivity contribution is 7.11. The number of amides is 3. The van der Waals surface area contributed by atoms with E-state index in [4.69, 9.17) is 28.4 Å². The summed E-state index contributed by atoms with van der Waals surface area (Å²) in [6, 6.07) is 9.54. The van der Waals surface area contributed by atoms with Crippen molar-refractivity contribution < 1.29 is 38.0 Å². The molecule has 3 amide bonds. The Labute approximate surface area is 252 Å². The number of aryl methyl sites for hydroxylation is 1. The maximum atomic E-state index is 12.5. The van der Waals surface area contributed by atoms with E-state index in [1.54, 1.807) is 62.1 Å². The normalized spacial score (nSPS) is 14.6. The maximum Gasteiger partial charge on any atom is 0.326 e. The number of rotatable bonds is 11. The van der Waals surface area contributed by atoms with Crippen LogP contribution >= 0.6 is 11.3 Å². The van der Waals surface area contributed by atoms with Gasteiger partial charge in [0.25, 0.3) is 5.91 Å². The summed E-state index contributed by atoms with van der Waals surface area (Å²) in [5.74, 6) is 1.83. The van der Waals surface area contributed by atoms with Gasteiger partial charge in [-0.05, 0) is 50.5 Å². The van der Waals surface area contributed by atoms with Crippen molar-refractivity contribution in [2.45, 2.75) is 32.5 Å². The Kier molecular flexibility index (Phi) is 9.87. The molecule has 1 aliphatic rings. The van der Waals surface area contributed by atoms with Gasteiger partial charge < -0.3 is 33.7 Å². The van der Waals surface area contributed by atoms with E-state index in [9.17, 15) is 9.59 Å². The van der Waals surface area contributed by atoms with Crippen molar-refractivity contribution in [2.75, 3.05) is 39.4 Å². The number of pyridine rings is 1. The molecule has 1 saturated heterocycles. The quantitative estimate of drug-likeness (QED) is 0.204. The number of carbonyl (C=O) groups is 2. The summed E-state index contributed by atoms with van der Waals surface area (Å²) in [6.07, 6.45) is 4.51. The molecule has 1 atom stereocenters. The molecule has 3 heterocycles. The Hall–Kier alpha value is -4.46. The van der Waals surface area contributed by atoms with Crippen LogP contribution in [0, 0.1) is 6.92 Å². The molecule has 12 nitrogen and oxygen atoms in total. The van der Waals surface area contributed by atoms with Crippen molar-refractivity contribution in [3.8, 4) is 28.7 Å². The fourth-order valence-electron chi connectivity index (χ4n) is 4.46. The standard InChI is InChI=1S/C30H32N4O8S/c1-18-28(43-17-32-18)29(35)34-30(36)33-21-8-7-19(14-24(21)37-2)42-23-9-10-31-22-16-26(25(38-3)15-20(22)23)39-12-13-41-27-6-4-5-11-40-27/h7-10,14-17,27H,4-6,11-13H2,1-3H3,(H2,33,34,35,36)/t27-/m0/s1. The predicted octanol–water partition coefficient (Wildman–Crippen LogP) is 5.69. The monoisotopic (exact) mass is 608 g/mol. The van der Waals surface area contributed by atoms with E-state index in [-0.39, 0.29) is 6.29 Å². The van der Waals surface area contributed by atoms with Crippen molar-refractivity contribution in [3.05, 3.63) is 58.7 Å². The average molecular weight is 609 g/mol. The Morgan fingerprint density at radius 2 is 1.86 bits per heavy atom. The zero-order valence-corrected chi connectivity index (χ0v) is 24.8. The van der Waals surface area contributed by atoms with Gasteiger partial charge in [-0.2, -0.15) is 0 Å². The number of hydrogen-bond donors (Lipinski definition) is 2. The van der Waals surface area contributed by atoms with Gasteiger partial charge in [-0.3, -0.25) is 15.1 Å². The predicted molar refractivity (Wildman–Crippen MR) is 160 cm³/mol. The molecule has 4 aromatic rings. The number of carbonyl (C=O) groups excluding carboxylic acids is 2. The highest BCUT2D eigenvalue weighted by Gasteiger charge is 2.18. The molecular weight excluding hydrogens is 576 g/mol. The lowest BCUT2D eigenvalue weighted by atomic mass is 10.1. The molecular formula is C30H32N4O8S. The smallest absolute Gasteiger partial charge is 0.326 e. The van der Waals surface area contributed by atoms with Gasteiger partial charge in [0.15, 0.2) is 17.8 Å². The first-order chi connectivity index (χ1) is 20.9. The molecule has 0 aliphatic carbocycles. The lowest BCUT2D eigenvalue weighted by Crippen LogP contribution is -2.34. The third-order valence-electron chi connectivity index (χ3n) is 6.60. The zero-order valence-electron chi connectivity index (χ0n) is 24.0. The number of aromatic nitrogens is 2. The number of ether oxygens (including phenoxy) is 6. The van der Waals surface area contributed by atoms with Gasteiger partial charge in [0.2, 0.25) is 0 Å². The highest BCUT2D eigenvalue weighted by atomic mass is 32.1. The molecule has 1 fully saturated rings. The summed E-state index contributed by atoms with van der Waals surface area (Å²) >= 11 is 1.16. The zero-order chi connectivity index (χ0) is 30.2. The van der Waals surface area contributed by atoms with Crippen LogP contribution in [0.25, 0.3) is 10.9 Å². The maximum absolute atomic E-state index is 12.5. The van der Waals surface area contributed by atoms with Gasteiger partial charge in [0, 0.05) is 30.3 Å². The van der Waals surface area contributed by atoms with E-state index < -0.39 is 11.9 Å². The molecule has 1 aliphatic heterocycles. The van der Waals surface area contributed by atoms with Crippen LogP contribution in [-0.4, -0.2) is 62.2 Å². The van der Waals surface area contributed by atoms with Gasteiger partial charge in [0.05, 0.1) is 43.2 Å². The van der Waals surface area contributed by atoms with E-state index >= 15 is 0 Å². The van der Waals surface area contributed by atoms with E-state index in [2.05, 4.69) is 20.6 Å². The second kappa shape index (κ2) is 14.1. The Bertz CT molecular complexity index is 1590. The van der Waals surface area contributed by atoms with Crippen molar-refractivity contribution in [1.29, 1.82) is 0 Å². The van der Waals surface area contributed by atoms with Gasteiger partial charge in [-0.25, -0.2) is 9.78 Å². The Morgan fingerprint density at radius 1 is 1.00 bits per heavy atom. The van der Waals surface area contributed by atoms with Crippen LogP contribution in [0.4, 0.5) is 10.5 Å². The number of nitrogens with one attached hydrogen (secondary N) is 2. The van der Waals surface area contributed by atoms with E-state index in [0.717, 1.165) is 37.2 Å². The van der Waals surface area contributed by atoms with Crippen LogP contribution in [0.3, 0.4) is 0 Å². The van der Waals surface area contributed by atoms with Gasteiger partial charge in [-0.15, -0.1) is 11.3 Å². The first kappa shape index (κ1) is 30.0. The number of hydrogen-bond acceptors (Lipinski definition) is 11. The first-order valence-corrected chi connectivity index (χ1v) is 14.5. The van der Waals surface area contributed by atoms with Crippen LogP contribution < -0.4 is 29.6 Å². The second-order valence-corrected chi connectivity index (χ2v) is 10.3. The van der Waals surface area contributed by atoms with Crippen molar-refractivity contribution in [3.63, 3.8) is 0 Å². The van der Waals surface area contributed by atoms with Gasteiger partial charge in [0.1, 0.15) is 28.7 Å². The number of nitrogens with zero attached hydrogens (tertiary/aromatic N) is 2. The number of fused-ring (bicyclic) bond motifs is 1. The molecule has 43 heavy (non-hydrogen) atoms. The fraction of sp³-hybridized carbons (Fsp3) is 0.333. The second-order valence-electron chi connectivity index (χ2n) is 9.48. The number of anilines is 1. The minimum absolute atomic E-state index is 0.180. The summed E-state index contributed by atoms with van der Waals surface area (Å²) in [6.45, 7) is 3.14. The van der Waals surface area contributed by atoms with E-state index in [1.165, 1.54) is 7.11 Å². The molecule has 0 radical (unpaired) electrons. The van der Waals surface area contributed by atoms with Crippen molar-refractivity contribution >= 4 is 39.9 Å². The largest absolute Gasteiger partial charge is 0.494 e. The van der Waals surface area contributed by atoms with Crippen LogP contribution in [0.15, 0.2) is 48.1 Å². The summed E-state index contributed by atoms with van der Waals surface area (Å²) in [5.41, 5.74) is 3.09. The molecule has 5 rings (SSSR count). The summed E-state index contributed by atoms with van der Waals surface area (Å²) in [4.78, 5) is 33.7. The molecule has 2 N–H and O–H groups in total. The molecule has 0 spiro atoms. The molecule has 0 unspecified atom stereocenters. The molecule has 2 aromatic heterocycles. The highest BCUT2D eigenvalue weighted by Crippen LogP contribution is 2.38. The molecule has 226 valence electrons. The Morgan fingerprint density at radius 3 is 2.60 bits per heavy atom. The van der Waals surface area contributed by atoms with Crippen LogP contribution in [0.5, 0.6) is 28.7 Å². The minimum Gasteiger partial charge on any atom is -0.494 e. The lowest BCUT2D eigenvalue weighted by molar-refractivity contribution is -0.165. The van der Waals surface area contributed by atoms with Crippen LogP contribution in [-0.2, 0) is 9.47 Å². The van der Waals surface area contributed by atoms with Crippen molar-refractivity contribution in [1.82, 2.24) is 15.3 Å². The van der Waals surface area contributed by atoms with E-state index in [0.29, 0.717) is 69.1 Å². The molecule has 13 heteroatoms. The first-order valence-electron chi connectivity index (χ1n) is 13.7. The van der Waals surface area contributed by atoms with E-state index in [1.807, 2.05) is 0 Å². The average Bonchev–Trinajstić information content (AvgIpc) is 3.46. The van der Waals surface area contributed by atoms with Crippen LogP contribution in [0.2, 0.25) is 0 Å². The van der Waals surface area contributed by atoms with Crippen LogP contribution in [0.1, 0.15) is 34.6 Å². The fourth-order valence-corrected chi connectivity index (χ4v) is 5.16. The molecule has 0 bridgehead atoms. The molecule has 2 aromatic carbocycles. The number of urea groups is 1. The Balaban J connectivity index is 1.25. The topological polar surface area (TPSA) is 139 Å². The molecule has 0 saturated carbocycles. The number of thiazole rings is 1. The van der Waals surface area contributed by atoms with Crippen molar-refractivity contribution in [2.24, 2.45) is 0 Å². The summed E-state index contributed by atoms with van der Waals surface area (Å²) in [7, 11) is 3.03. The van der Waals surface area contributed by atoms with Gasteiger partial charge >= 0.3 is 6.03 Å². The number of imide groups is 1. The lowest BCUT2D eigenvalue weighted by Gasteiger charge is -2.22. The number of benzene rings is 2. The van der Waals surface area contributed by atoms with Gasteiger partial charge in [-0.1, -0.05) is 0 Å². The summed E-state index contributed by atoms with van der Waals surface area (Å²) < 4.78 is 34.5. The third-order valence-corrected chi connectivity index (χ3v) is 7.52. The minimum atomic E-state index is -0.705. The SMILES string of the molecule is COc1cc(Oc2ccnc3cc(OCCO[C@H]4CCCCO4)c(OC)cc23)ccc1NC(=O)NC(=O)c1scnc1C. The number of methoxy groups -OCH3 is 2. The summed E-state index contributed by atoms with van der Waals surface area (Å²) in [5, 5.41) is 5.63. The third kappa shape index (κ3) is 7.49.